The molecule has 6 nitrogen and oxygen atoms in total. The molecule has 0 aliphatic carbocycles. The number of hydrogen-bond acceptors (Lipinski definition) is 5. The van der Waals surface area contributed by atoms with Crippen molar-refractivity contribution in [2.24, 2.45) is 0 Å². The van der Waals surface area contributed by atoms with Crippen LogP contribution in [0.25, 0.3) is 17.1 Å². The van der Waals surface area contributed by atoms with E-state index in [-0.39, 0.29) is 5.69 Å². The number of non-ortho nitro benzene ring substituents is 1. The molecule has 1 heterocycles. The maximum Gasteiger partial charge on any atom is 0.269 e. The van der Waals surface area contributed by atoms with Crippen molar-refractivity contribution in [3.63, 3.8) is 0 Å². The van der Waals surface area contributed by atoms with Crippen LogP contribution < -0.4 is 0 Å². The van der Waals surface area contributed by atoms with Crippen molar-refractivity contribution in [3.05, 3.63) is 99.0 Å². The third-order valence-electron chi connectivity index (χ3n) is 4.27. The number of nitrogens with zero attached hydrogens (tertiary/aromatic N) is 4. The second-order valence-corrected chi connectivity index (χ2v) is 8.05. The Morgan fingerprint density at radius 1 is 0.931 bits per heavy atom. The quantitative estimate of drug-likeness (QED) is 0.201. The van der Waals surface area contributed by atoms with Crippen LogP contribution in [0.2, 0.25) is 0 Å². The molecule has 29 heavy (non-hydrogen) atoms. The second kappa shape index (κ2) is 8.59. The van der Waals surface area contributed by atoms with Gasteiger partial charge in [-0.2, -0.15) is 0 Å². The van der Waals surface area contributed by atoms with E-state index in [1.807, 2.05) is 47.0 Å². The molecule has 8 heteroatoms. The number of rotatable bonds is 6. The highest BCUT2D eigenvalue weighted by Gasteiger charge is 2.17. The average molecular weight is 467 g/mol. The minimum atomic E-state index is -0.412. The maximum atomic E-state index is 10.9. The Morgan fingerprint density at radius 3 is 2.28 bits per heavy atom. The molecule has 0 bridgehead atoms. The number of hydrogen-bond donors (Lipinski definition) is 0. The molecule has 0 saturated carbocycles. The van der Waals surface area contributed by atoms with Crippen LogP contribution in [-0.4, -0.2) is 19.7 Å². The molecule has 0 aliphatic heterocycles. The lowest BCUT2D eigenvalue weighted by molar-refractivity contribution is -0.384. The molecule has 0 saturated heterocycles. The fraction of sp³-hybridized carbons (Fsp3) is 0.0476. The molecule has 0 N–H and O–H groups in total. The lowest BCUT2D eigenvalue weighted by atomic mass is 10.2. The van der Waals surface area contributed by atoms with Gasteiger partial charge in [-0.3, -0.25) is 14.7 Å². The summed E-state index contributed by atoms with van der Waals surface area (Å²) in [6, 6.07) is 24.4. The van der Waals surface area contributed by atoms with Crippen molar-refractivity contribution < 1.29 is 4.92 Å². The zero-order valence-corrected chi connectivity index (χ0v) is 17.5. The van der Waals surface area contributed by atoms with E-state index in [0.29, 0.717) is 5.82 Å². The summed E-state index contributed by atoms with van der Waals surface area (Å²) in [5.41, 5.74) is 2.92. The molecule has 1 aromatic heterocycles. The smallest absolute Gasteiger partial charge is 0.269 e. The van der Waals surface area contributed by atoms with E-state index in [2.05, 4.69) is 38.3 Å². The number of nitro groups is 1. The zero-order valence-electron chi connectivity index (χ0n) is 15.1. The first kappa shape index (κ1) is 19.4. The van der Waals surface area contributed by atoms with Gasteiger partial charge in [0.05, 0.1) is 4.92 Å². The largest absolute Gasteiger partial charge is 0.270 e. The Hall–Kier alpha value is -2.97. The first-order chi connectivity index (χ1) is 14.1. The van der Waals surface area contributed by atoms with Gasteiger partial charge in [0.15, 0.2) is 11.0 Å². The van der Waals surface area contributed by atoms with E-state index in [9.17, 15) is 10.1 Å². The van der Waals surface area contributed by atoms with Crippen molar-refractivity contribution in [3.8, 4) is 17.1 Å². The molecule has 0 amide bonds. The van der Waals surface area contributed by atoms with Gasteiger partial charge in [-0.25, -0.2) is 0 Å². The van der Waals surface area contributed by atoms with Crippen molar-refractivity contribution in [1.29, 1.82) is 0 Å². The molecular weight excluding hydrogens is 452 g/mol. The van der Waals surface area contributed by atoms with Crippen molar-refractivity contribution >= 4 is 33.4 Å². The minimum absolute atomic E-state index is 0.0457. The van der Waals surface area contributed by atoms with Crippen LogP contribution >= 0.6 is 27.7 Å². The maximum absolute atomic E-state index is 10.9. The summed E-state index contributed by atoms with van der Waals surface area (Å²) in [6.07, 6.45) is 0. The van der Waals surface area contributed by atoms with Gasteiger partial charge in [-0.1, -0.05) is 58.0 Å². The number of benzene rings is 3. The SMILES string of the molecule is O=[N+]([O-])c1ccc(-c2nnc(SCc3ccc(Br)cc3)n2-c2ccccc2)cc1. The first-order valence-corrected chi connectivity index (χ1v) is 10.5. The predicted molar refractivity (Wildman–Crippen MR) is 117 cm³/mol. The Morgan fingerprint density at radius 2 is 1.62 bits per heavy atom. The Labute approximate surface area is 179 Å². The normalized spacial score (nSPS) is 10.8. The number of nitro benzene ring substituents is 1. The molecule has 0 radical (unpaired) electrons. The molecule has 3 aromatic carbocycles. The van der Waals surface area contributed by atoms with Crippen molar-refractivity contribution in [2.75, 3.05) is 0 Å². The van der Waals surface area contributed by atoms with E-state index in [1.165, 1.54) is 17.7 Å². The summed E-state index contributed by atoms with van der Waals surface area (Å²) >= 11 is 5.04. The molecule has 0 unspecified atom stereocenters. The Balaban J connectivity index is 1.70. The van der Waals surface area contributed by atoms with Gasteiger partial charge < -0.3 is 0 Å². The summed E-state index contributed by atoms with van der Waals surface area (Å²) in [4.78, 5) is 10.5. The van der Waals surface area contributed by atoms with Crippen LogP contribution in [0.5, 0.6) is 0 Å². The molecular formula is C21H15BrN4O2S. The molecule has 0 fully saturated rings. The first-order valence-electron chi connectivity index (χ1n) is 8.75. The molecule has 144 valence electrons. The van der Waals surface area contributed by atoms with Gasteiger partial charge in [0, 0.05) is 33.6 Å². The second-order valence-electron chi connectivity index (χ2n) is 6.20. The summed E-state index contributed by atoms with van der Waals surface area (Å²) in [5.74, 6) is 1.39. The van der Waals surface area contributed by atoms with Crippen LogP contribution in [-0.2, 0) is 5.75 Å². The van der Waals surface area contributed by atoms with Gasteiger partial charge in [0.1, 0.15) is 0 Å². The number of aromatic nitrogens is 3. The van der Waals surface area contributed by atoms with Gasteiger partial charge in [-0.05, 0) is 42.0 Å². The standard InChI is InChI=1S/C21H15BrN4O2S/c22-17-10-6-15(7-11-17)14-29-21-24-23-20(25(21)18-4-2-1-3-5-18)16-8-12-19(13-9-16)26(27)28/h1-13H,14H2. The fourth-order valence-electron chi connectivity index (χ4n) is 2.82. The molecule has 0 atom stereocenters. The average Bonchev–Trinajstić information content (AvgIpc) is 3.18. The lowest BCUT2D eigenvalue weighted by Crippen LogP contribution is -1.99. The number of halogens is 1. The van der Waals surface area contributed by atoms with Crippen molar-refractivity contribution in [2.45, 2.75) is 10.9 Å². The number of para-hydroxylation sites is 1. The van der Waals surface area contributed by atoms with Crippen molar-refractivity contribution in [1.82, 2.24) is 14.8 Å². The predicted octanol–water partition coefficient (Wildman–Crippen LogP) is 5.90. The van der Waals surface area contributed by atoms with E-state index >= 15 is 0 Å². The Bertz CT molecular complexity index is 1130. The third-order valence-corrected chi connectivity index (χ3v) is 5.79. The van der Waals surface area contributed by atoms with Crippen LogP contribution in [0.3, 0.4) is 0 Å². The Kier molecular flexibility index (Phi) is 5.73. The van der Waals surface area contributed by atoms with Gasteiger partial charge in [-0.15, -0.1) is 10.2 Å². The highest BCUT2D eigenvalue weighted by molar-refractivity contribution is 9.10. The molecule has 0 aliphatic rings. The third kappa shape index (κ3) is 4.38. The highest BCUT2D eigenvalue weighted by Crippen LogP contribution is 2.30. The highest BCUT2D eigenvalue weighted by atomic mass is 79.9. The van der Waals surface area contributed by atoms with Gasteiger partial charge >= 0.3 is 0 Å². The molecule has 4 rings (SSSR count). The minimum Gasteiger partial charge on any atom is -0.270 e. The van der Waals surface area contributed by atoms with E-state index in [0.717, 1.165) is 26.6 Å². The fourth-order valence-corrected chi connectivity index (χ4v) is 3.99. The summed E-state index contributed by atoms with van der Waals surface area (Å²) in [5, 5.41) is 20.5. The summed E-state index contributed by atoms with van der Waals surface area (Å²) in [6.45, 7) is 0. The summed E-state index contributed by atoms with van der Waals surface area (Å²) < 4.78 is 3.02. The summed E-state index contributed by atoms with van der Waals surface area (Å²) in [7, 11) is 0. The van der Waals surface area contributed by atoms with Crippen LogP contribution in [0, 0.1) is 10.1 Å². The number of thioether (sulfide) groups is 1. The van der Waals surface area contributed by atoms with Crippen LogP contribution in [0.15, 0.2) is 88.5 Å². The topological polar surface area (TPSA) is 73.8 Å². The van der Waals surface area contributed by atoms with Gasteiger partial charge in [0.25, 0.3) is 5.69 Å². The van der Waals surface area contributed by atoms with Gasteiger partial charge in [0.2, 0.25) is 0 Å². The molecule has 0 spiro atoms. The lowest BCUT2D eigenvalue weighted by Gasteiger charge is -2.10. The van der Waals surface area contributed by atoms with Crippen LogP contribution in [0.1, 0.15) is 5.56 Å². The van der Waals surface area contributed by atoms with E-state index in [1.54, 1.807) is 23.9 Å². The zero-order chi connectivity index (χ0) is 20.2. The monoisotopic (exact) mass is 466 g/mol. The van der Waals surface area contributed by atoms with E-state index in [4.69, 9.17) is 0 Å². The van der Waals surface area contributed by atoms with Crippen LogP contribution in [0.4, 0.5) is 5.69 Å². The molecule has 4 aromatic rings. The van der Waals surface area contributed by atoms with E-state index < -0.39 is 4.92 Å².